The van der Waals surface area contributed by atoms with Crippen LogP contribution in [0.15, 0.2) is 36.4 Å². The van der Waals surface area contributed by atoms with Crippen LogP contribution in [-0.2, 0) is 4.74 Å². The number of alkyl halides is 3. The van der Waals surface area contributed by atoms with E-state index >= 15 is 0 Å². The van der Waals surface area contributed by atoms with E-state index < -0.39 is 18.0 Å². The highest BCUT2D eigenvalue weighted by Crippen LogP contribution is 2.26. The van der Waals surface area contributed by atoms with Crippen molar-refractivity contribution in [1.82, 2.24) is 9.88 Å². The number of carbonyl (C=O) groups excluding carboxylic acids is 1. The average molecular weight is 395 g/mol. The van der Waals surface area contributed by atoms with E-state index in [9.17, 15) is 18.0 Å². The maximum Gasteiger partial charge on any atom is 0.414 e. The monoisotopic (exact) mass is 394 g/mol. The zero-order valence-corrected chi connectivity index (χ0v) is 14.9. The van der Waals surface area contributed by atoms with Crippen molar-refractivity contribution in [1.29, 1.82) is 0 Å². The van der Waals surface area contributed by atoms with E-state index in [2.05, 4.69) is 4.98 Å². The SMILES string of the molecule is CCN(C(=O)OCCSCC(F)(F)F)C1=C[N+](c2cccnc2)=C1Cl. The Labute approximate surface area is 152 Å². The molecule has 2 heterocycles. The predicted octanol–water partition coefficient (Wildman–Crippen LogP) is 3.97. The van der Waals surface area contributed by atoms with Crippen LogP contribution in [0, 0.1) is 0 Å². The number of carbonyl (C=O) groups is 1. The standard InChI is InChI=1S/C15H16ClF3N3O2S/c1-2-21(14(23)24-6-7-25-10-15(17,18)19)12-9-22(13(12)16)11-4-3-5-20-8-11/h3-5,8-9H,2,6-7,10H2,1H3/q+1. The molecule has 0 fully saturated rings. The highest BCUT2D eigenvalue weighted by atomic mass is 35.5. The van der Waals surface area contributed by atoms with Gasteiger partial charge in [0.15, 0.2) is 5.70 Å². The summed E-state index contributed by atoms with van der Waals surface area (Å²) < 4.78 is 42.8. The van der Waals surface area contributed by atoms with Crippen LogP contribution in [-0.4, -0.2) is 56.6 Å². The average Bonchev–Trinajstić information content (AvgIpc) is 2.57. The summed E-state index contributed by atoms with van der Waals surface area (Å²) in [5.74, 6) is -0.895. The second-order valence-corrected chi connectivity index (χ2v) is 6.38. The summed E-state index contributed by atoms with van der Waals surface area (Å²) in [6, 6.07) is 3.57. The number of rotatable bonds is 7. The number of hydrogen-bond acceptors (Lipinski definition) is 4. The maximum atomic E-state index is 12.1. The van der Waals surface area contributed by atoms with Crippen molar-refractivity contribution in [3.63, 3.8) is 0 Å². The number of thioether (sulfide) groups is 1. The first kappa shape index (κ1) is 19.6. The Hall–Kier alpha value is -1.74. The number of aromatic nitrogens is 1. The van der Waals surface area contributed by atoms with E-state index in [0.717, 1.165) is 5.69 Å². The molecule has 0 bridgehead atoms. The van der Waals surface area contributed by atoms with Gasteiger partial charge in [0, 0.05) is 24.6 Å². The van der Waals surface area contributed by atoms with Crippen molar-refractivity contribution in [3.05, 3.63) is 36.4 Å². The summed E-state index contributed by atoms with van der Waals surface area (Å²) >= 11 is 6.90. The van der Waals surface area contributed by atoms with E-state index in [1.165, 1.54) is 4.90 Å². The van der Waals surface area contributed by atoms with Crippen LogP contribution in [0.5, 0.6) is 0 Å². The molecule has 0 N–H and O–H groups in total. The smallest absolute Gasteiger partial charge is 0.414 e. The lowest BCUT2D eigenvalue weighted by atomic mass is 10.3. The van der Waals surface area contributed by atoms with E-state index in [1.807, 2.05) is 6.07 Å². The van der Waals surface area contributed by atoms with Crippen molar-refractivity contribution in [2.24, 2.45) is 0 Å². The molecule has 136 valence electrons. The largest absolute Gasteiger partial charge is 0.448 e. The molecule has 0 aromatic carbocycles. The van der Waals surface area contributed by atoms with Gasteiger partial charge >= 0.3 is 17.4 Å². The van der Waals surface area contributed by atoms with Crippen molar-refractivity contribution >= 4 is 40.3 Å². The molecular weight excluding hydrogens is 379 g/mol. The van der Waals surface area contributed by atoms with Crippen LogP contribution in [0.2, 0.25) is 0 Å². The molecule has 0 aliphatic carbocycles. The zero-order valence-electron chi connectivity index (χ0n) is 13.3. The third kappa shape index (κ3) is 5.37. The number of nitrogens with zero attached hydrogens (tertiary/aromatic N) is 3. The maximum absolute atomic E-state index is 12.1. The quantitative estimate of drug-likeness (QED) is 0.518. The minimum atomic E-state index is -4.22. The first-order valence-corrected chi connectivity index (χ1v) is 8.89. The molecule has 5 nitrogen and oxygen atoms in total. The van der Waals surface area contributed by atoms with Gasteiger partial charge in [-0.2, -0.15) is 13.2 Å². The molecule has 1 amide bonds. The summed E-state index contributed by atoms with van der Waals surface area (Å²) in [4.78, 5) is 17.4. The Morgan fingerprint density at radius 3 is 2.80 bits per heavy atom. The van der Waals surface area contributed by atoms with E-state index in [4.69, 9.17) is 16.3 Å². The van der Waals surface area contributed by atoms with Gasteiger partial charge in [-0.05, 0) is 24.6 Å². The van der Waals surface area contributed by atoms with E-state index in [1.54, 1.807) is 36.2 Å². The molecular formula is C15H16ClF3N3O2S+. The molecule has 1 aliphatic rings. The van der Waals surface area contributed by atoms with Crippen LogP contribution < -0.4 is 0 Å². The third-order valence-corrected chi connectivity index (χ3v) is 4.51. The van der Waals surface area contributed by atoms with Crippen LogP contribution >= 0.6 is 23.4 Å². The topological polar surface area (TPSA) is 45.4 Å². The Balaban J connectivity index is 1.85. The fraction of sp³-hybridized carbons (Fsp3) is 0.400. The fourth-order valence-corrected chi connectivity index (χ4v) is 2.88. The molecule has 10 heteroatoms. The molecule has 25 heavy (non-hydrogen) atoms. The third-order valence-electron chi connectivity index (χ3n) is 3.14. The number of allylic oxidation sites excluding steroid dienone is 1. The molecule has 0 saturated heterocycles. The lowest BCUT2D eigenvalue weighted by Crippen LogP contribution is -2.39. The predicted molar refractivity (Wildman–Crippen MR) is 90.2 cm³/mol. The Bertz CT molecular complexity index is 680. The Morgan fingerprint density at radius 1 is 1.48 bits per heavy atom. The molecule has 2 rings (SSSR count). The minimum Gasteiger partial charge on any atom is -0.448 e. The van der Waals surface area contributed by atoms with E-state index in [-0.39, 0.29) is 12.4 Å². The van der Waals surface area contributed by atoms with Gasteiger partial charge in [-0.15, -0.1) is 16.3 Å². The van der Waals surface area contributed by atoms with Crippen LogP contribution in [0.25, 0.3) is 0 Å². The number of halogens is 4. The highest BCUT2D eigenvalue weighted by molar-refractivity contribution is 7.99. The normalized spacial score (nSPS) is 14.0. The summed E-state index contributed by atoms with van der Waals surface area (Å²) in [7, 11) is 0. The summed E-state index contributed by atoms with van der Waals surface area (Å²) in [6.07, 6.45) is 0.0586. The van der Waals surface area contributed by atoms with Crippen LogP contribution in [0.3, 0.4) is 0 Å². The van der Waals surface area contributed by atoms with Gasteiger partial charge in [0.05, 0.1) is 11.9 Å². The van der Waals surface area contributed by atoms with Gasteiger partial charge in [0.1, 0.15) is 6.61 Å². The molecule has 0 spiro atoms. The highest BCUT2D eigenvalue weighted by Gasteiger charge is 2.37. The summed E-state index contributed by atoms with van der Waals surface area (Å²) in [5.41, 5.74) is 1.24. The molecule has 1 aliphatic heterocycles. The molecule has 0 atom stereocenters. The van der Waals surface area contributed by atoms with Gasteiger partial charge in [-0.3, -0.25) is 9.88 Å². The minimum absolute atomic E-state index is 0.0705. The number of pyridine rings is 1. The van der Waals surface area contributed by atoms with Gasteiger partial charge in [-0.1, -0.05) is 0 Å². The Kier molecular flexibility index (Phi) is 6.71. The van der Waals surface area contributed by atoms with Gasteiger partial charge in [0.2, 0.25) is 11.9 Å². The van der Waals surface area contributed by atoms with Gasteiger partial charge in [0.25, 0.3) is 0 Å². The van der Waals surface area contributed by atoms with Crippen molar-refractivity contribution in [2.45, 2.75) is 13.1 Å². The van der Waals surface area contributed by atoms with Gasteiger partial charge in [-0.25, -0.2) is 4.79 Å². The first-order valence-electron chi connectivity index (χ1n) is 7.36. The van der Waals surface area contributed by atoms with Crippen LogP contribution in [0.4, 0.5) is 23.7 Å². The van der Waals surface area contributed by atoms with Crippen molar-refractivity contribution in [3.8, 4) is 0 Å². The summed E-state index contributed by atoms with van der Waals surface area (Å²) in [6.45, 7) is 1.96. The van der Waals surface area contributed by atoms with Crippen molar-refractivity contribution < 1.29 is 27.3 Å². The molecule has 0 saturated carbocycles. The van der Waals surface area contributed by atoms with Crippen molar-refractivity contribution in [2.75, 3.05) is 24.7 Å². The second kappa shape index (κ2) is 8.57. The molecule has 0 radical (unpaired) electrons. The lowest BCUT2D eigenvalue weighted by Gasteiger charge is -2.23. The molecule has 0 unspecified atom stereocenters. The first-order chi connectivity index (χ1) is 11.8. The zero-order chi connectivity index (χ0) is 18.4. The number of ether oxygens (including phenoxy) is 1. The summed E-state index contributed by atoms with van der Waals surface area (Å²) in [5, 5.41) is 0.346. The number of amides is 1. The number of hydrogen-bond donors (Lipinski definition) is 0. The molecule has 1 aromatic heterocycles. The van der Waals surface area contributed by atoms with E-state index in [0.29, 0.717) is 29.2 Å². The Morgan fingerprint density at radius 2 is 2.24 bits per heavy atom. The molecule has 1 aromatic rings. The van der Waals surface area contributed by atoms with Gasteiger partial charge < -0.3 is 4.74 Å². The van der Waals surface area contributed by atoms with Crippen LogP contribution in [0.1, 0.15) is 6.92 Å². The lowest BCUT2D eigenvalue weighted by molar-refractivity contribution is -0.373. The second-order valence-electron chi connectivity index (χ2n) is 4.91. The fourth-order valence-electron chi connectivity index (χ4n) is 2.01.